The Balaban J connectivity index is 0.00000252. The largest absolute Gasteiger partial charge is 1.00 e. The summed E-state index contributed by atoms with van der Waals surface area (Å²) < 4.78 is 8.59. The van der Waals surface area contributed by atoms with Crippen LogP contribution in [0.4, 0.5) is 0 Å². The molecule has 0 saturated carbocycles. The monoisotopic (exact) mass is 1180 g/mol. The van der Waals surface area contributed by atoms with Gasteiger partial charge in [0.15, 0.2) is 11.4 Å². The first-order chi connectivity index (χ1) is 24.5. The number of hydrazone groups is 2. The number of aryl methyl sites for hydroxylation is 2. The summed E-state index contributed by atoms with van der Waals surface area (Å²) in [5.74, 6) is 0.600. The van der Waals surface area contributed by atoms with E-state index in [0.717, 1.165) is 70.6 Å². The third kappa shape index (κ3) is 12.6. The van der Waals surface area contributed by atoms with Gasteiger partial charge in [0, 0.05) is 36.3 Å². The van der Waals surface area contributed by atoms with E-state index in [2.05, 4.69) is 124 Å². The van der Waals surface area contributed by atoms with E-state index < -0.39 is 0 Å². The fourth-order valence-electron chi connectivity index (χ4n) is 5.77. The summed E-state index contributed by atoms with van der Waals surface area (Å²) in [6, 6.07) is 28.8. The van der Waals surface area contributed by atoms with Crippen LogP contribution in [0.2, 0.25) is 0 Å². The molecular formula is C38H46I4N12. The highest BCUT2D eigenvalue weighted by molar-refractivity contribution is 14.0. The van der Waals surface area contributed by atoms with Crippen LogP contribution >= 0.6 is 48.0 Å². The smallest absolute Gasteiger partial charge is 0.286 e. The molecule has 0 aliphatic heterocycles. The second-order valence-corrected chi connectivity index (χ2v) is 12.0. The maximum absolute atomic E-state index is 5.98. The maximum Gasteiger partial charge on any atom is 0.286 e. The van der Waals surface area contributed by atoms with Crippen LogP contribution in [0.1, 0.15) is 36.8 Å². The number of nitrogens with one attached hydrogen (secondary N) is 2. The molecule has 0 unspecified atom stereocenters. The molecule has 12 nitrogen and oxygen atoms in total. The van der Waals surface area contributed by atoms with Crippen molar-refractivity contribution < 1.29 is 56.8 Å². The van der Waals surface area contributed by atoms with E-state index >= 15 is 0 Å². The summed E-state index contributed by atoms with van der Waals surface area (Å²) in [4.78, 5) is 8.73. The number of imidazole rings is 2. The molecule has 0 fully saturated rings. The number of hydrogen-bond donors (Lipinski definition) is 4. The lowest BCUT2D eigenvalue weighted by molar-refractivity contribution is -0.510. The van der Waals surface area contributed by atoms with Gasteiger partial charge in [0.2, 0.25) is 11.9 Å². The van der Waals surface area contributed by atoms with Gasteiger partial charge in [-0.05, 0) is 60.4 Å². The molecule has 6 N–H and O–H groups in total. The standard InChI is InChI=1S/C38H44N12.4HI/c1-47-33(27-49-23-9-5-11-35(47)49)31-17-13-29(14-18-31)25-43-45-37(39)41-21-7-3-4-8-22-42-38(40)46-44-26-30-15-19-32(20-16-30)34-28-50-24-10-6-12-36(50)48(34)2;;;;/h5-6,9-20,23-28H,3-4,7-8,21-22H2,1-2H3,(H3,39,41,45)(H3,40,42,46);4*1H/q+2;;;;/p-2/b43-25+,44-26+;;;;. The van der Waals surface area contributed by atoms with Crippen molar-refractivity contribution in [3.05, 3.63) is 121 Å². The van der Waals surface area contributed by atoms with Gasteiger partial charge in [-0.3, -0.25) is 9.98 Å². The average Bonchev–Trinajstić information content (AvgIpc) is 3.66. The molecule has 286 valence electrons. The average molecular weight is 1180 g/mol. The molecule has 16 heteroatoms. The third-order valence-corrected chi connectivity index (χ3v) is 8.50. The van der Waals surface area contributed by atoms with E-state index in [1.807, 2.05) is 48.5 Å². The first-order valence-corrected chi connectivity index (χ1v) is 16.8. The molecule has 4 heterocycles. The van der Waals surface area contributed by atoms with Crippen LogP contribution in [-0.2, 0) is 14.1 Å². The second-order valence-electron chi connectivity index (χ2n) is 12.0. The summed E-state index contributed by atoms with van der Waals surface area (Å²) in [6.45, 7) is 1.27. The summed E-state index contributed by atoms with van der Waals surface area (Å²) in [5, 5.41) is 8.46. The Morgan fingerprint density at radius 3 is 1.35 bits per heavy atom. The van der Waals surface area contributed by atoms with Crippen LogP contribution in [-0.4, -0.2) is 46.6 Å². The number of unbranched alkanes of at least 4 members (excludes halogenated alkanes) is 3. The maximum atomic E-state index is 5.98. The van der Waals surface area contributed by atoms with Gasteiger partial charge >= 0.3 is 0 Å². The molecule has 6 aromatic rings. The normalized spacial score (nSPS) is 11.6. The van der Waals surface area contributed by atoms with E-state index in [9.17, 15) is 0 Å². The van der Waals surface area contributed by atoms with E-state index in [0.29, 0.717) is 25.0 Å². The molecule has 2 aromatic carbocycles. The number of rotatable bonds is 13. The minimum absolute atomic E-state index is 0. The molecule has 0 spiro atoms. The number of hydrogen-bond acceptors (Lipinski definition) is 4. The van der Waals surface area contributed by atoms with Crippen molar-refractivity contribution in [2.45, 2.75) is 25.7 Å². The number of aliphatic imine (C=N–C) groups is 2. The van der Waals surface area contributed by atoms with Gasteiger partial charge in [-0.1, -0.05) is 49.2 Å². The SMILES string of the molecule is Cn1c(-c2ccc(/C=N/NC(N)=NCCCCCCN=C(N)N/N=C/c3ccc(-c4c[n+]5ccccc5n4C)cc3)cc2)c[n+]2ccccc12.I.I.[I-].[I-]. The quantitative estimate of drug-likeness (QED) is 0.0299. The molecule has 4 aromatic heterocycles. The van der Waals surface area contributed by atoms with Crippen molar-refractivity contribution in [3.63, 3.8) is 0 Å². The third-order valence-electron chi connectivity index (χ3n) is 8.50. The van der Waals surface area contributed by atoms with Crippen LogP contribution in [0.5, 0.6) is 0 Å². The fourth-order valence-corrected chi connectivity index (χ4v) is 5.77. The van der Waals surface area contributed by atoms with Crippen molar-refractivity contribution >= 4 is 83.6 Å². The minimum atomic E-state index is 0. The van der Waals surface area contributed by atoms with Crippen LogP contribution in [0, 0.1) is 0 Å². The van der Waals surface area contributed by atoms with Gasteiger partial charge < -0.3 is 59.4 Å². The number of benzene rings is 2. The molecule has 0 amide bonds. The van der Waals surface area contributed by atoms with Crippen LogP contribution in [0.15, 0.2) is 130 Å². The van der Waals surface area contributed by atoms with Gasteiger partial charge in [-0.15, -0.1) is 48.0 Å². The van der Waals surface area contributed by atoms with Crippen molar-refractivity contribution in [1.82, 2.24) is 20.0 Å². The predicted molar refractivity (Wildman–Crippen MR) is 232 cm³/mol. The van der Waals surface area contributed by atoms with Crippen molar-refractivity contribution in [2.24, 2.45) is 45.8 Å². The Morgan fingerprint density at radius 1 is 0.593 bits per heavy atom. The fraction of sp³-hybridized carbons (Fsp3) is 0.211. The lowest BCUT2D eigenvalue weighted by Gasteiger charge is -2.02. The first-order valence-electron chi connectivity index (χ1n) is 16.8. The van der Waals surface area contributed by atoms with Crippen molar-refractivity contribution in [1.29, 1.82) is 0 Å². The van der Waals surface area contributed by atoms with Crippen LogP contribution in [0.3, 0.4) is 0 Å². The first kappa shape index (κ1) is 46.8. The topological polar surface area (TPSA) is 144 Å². The number of nitrogens with zero attached hydrogens (tertiary/aromatic N) is 8. The summed E-state index contributed by atoms with van der Waals surface area (Å²) in [7, 11) is 4.14. The molecule has 0 aliphatic rings. The highest BCUT2D eigenvalue weighted by Crippen LogP contribution is 2.21. The van der Waals surface area contributed by atoms with E-state index in [-0.39, 0.29) is 95.9 Å². The lowest BCUT2D eigenvalue weighted by Crippen LogP contribution is -3.00. The molecule has 0 atom stereocenters. The number of nitrogens with two attached hydrogens (primary N) is 2. The van der Waals surface area contributed by atoms with Crippen molar-refractivity contribution in [2.75, 3.05) is 13.1 Å². The van der Waals surface area contributed by atoms with Gasteiger partial charge in [-0.2, -0.15) is 10.2 Å². The predicted octanol–water partition coefficient (Wildman–Crippen LogP) is -0.844. The number of halogens is 4. The van der Waals surface area contributed by atoms with Gasteiger partial charge in [0.25, 0.3) is 11.3 Å². The van der Waals surface area contributed by atoms with E-state index in [1.54, 1.807) is 12.4 Å². The minimum Gasteiger partial charge on any atom is -1.00 e. The molecule has 0 bridgehead atoms. The second kappa shape index (κ2) is 23.5. The number of fused-ring (bicyclic) bond motifs is 2. The van der Waals surface area contributed by atoms with Crippen LogP contribution < -0.4 is 79.1 Å². The molecular weight excluding hydrogens is 1130 g/mol. The Morgan fingerprint density at radius 2 is 0.981 bits per heavy atom. The lowest BCUT2D eigenvalue weighted by atomic mass is 10.1. The number of guanidine groups is 2. The number of pyridine rings is 2. The summed E-state index contributed by atoms with van der Waals surface area (Å²) >= 11 is 0. The molecule has 0 aliphatic carbocycles. The Hall–Kier alpha value is -3.38. The van der Waals surface area contributed by atoms with Crippen molar-refractivity contribution in [3.8, 4) is 22.5 Å². The summed E-state index contributed by atoms with van der Waals surface area (Å²) in [6.07, 6.45) is 15.7. The van der Waals surface area contributed by atoms with Gasteiger partial charge in [-0.25, -0.2) is 28.8 Å². The zero-order valence-electron chi connectivity index (χ0n) is 30.1. The molecule has 0 radical (unpaired) electrons. The highest BCUT2D eigenvalue weighted by Gasteiger charge is 2.16. The van der Waals surface area contributed by atoms with Gasteiger partial charge in [0.05, 0.1) is 38.9 Å². The zero-order chi connectivity index (χ0) is 34.7. The molecule has 0 saturated heterocycles. The Kier molecular flexibility index (Phi) is 20.4. The molecule has 6 rings (SSSR count). The van der Waals surface area contributed by atoms with Gasteiger partial charge in [0.1, 0.15) is 12.4 Å². The zero-order valence-corrected chi connectivity index (χ0v) is 39.1. The van der Waals surface area contributed by atoms with E-state index in [4.69, 9.17) is 11.5 Å². The van der Waals surface area contributed by atoms with Crippen LogP contribution in [0.25, 0.3) is 33.8 Å². The molecule has 54 heavy (non-hydrogen) atoms. The van der Waals surface area contributed by atoms with E-state index in [1.165, 1.54) is 0 Å². The Labute approximate surface area is 384 Å². The Bertz CT molecular complexity index is 2020. The number of aromatic nitrogens is 4. The summed E-state index contributed by atoms with van der Waals surface area (Å²) in [5.41, 5.74) is 26.3. The highest BCUT2D eigenvalue weighted by atomic mass is 127.